The van der Waals surface area contributed by atoms with Crippen molar-refractivity contribution in [2.24, 2.45) is 0 Å². The summed E-state index contributed by atoms with van der Waals surface area (Å²) in [5.74, 6) is 0. The molecule has 32 heavy (non-hydrogen) atoms. The van der Waals surface area contributed by atoms with Crippen LogP contribution >= 0.6 is 12.2 Å². The molecule has 1 aliphatic heterocycles. The summed E-state index contributed by atoms with van der Waals surface area (Å²) in [5.41, 5.74) is 8.58. The lowest BCUT2D eigenvalue weighted by molar-refractivity contribution is 0.277. The molecule has 1 aromatic carbocycles. The van der Waals surface area contributed by atoms with Gasteiger partial charge in [-0.3, -0.25) is 4.98 Å². The Morgan fingerprint density at radius 1 is 1.06 bits per heavy atom. The van der Waals surface area contributed by atoms with E-state index >= 15 is 0 Å². The van der Waals surface area contributed by atoms with E-state index in [4.69, 9.17) is 12.2 Å². The van der Waals surface area contributed by atoms with Gasteiger partial charge in [0.1, 0.15) is 0 Å². The van der Waals surface area contributed by atoms with Gasteiger partial charge in [-0.25, -0.2) is 0 Å². The maximum atomic E-state index is 5.82. The summed E-state index contributed by atoms with van der Waals surface area (Å²) < 4.78 is 2.39. The monoisotopic (exact) mass is 447 g/mol. The van der Waals surface area contributed by atoms with Crippen molar-refractivity contribution < 1.29 is 0 Å². The van der Waals surface area contributed by atoms with Gasteiger partial charge in [0.25, 0.3) is 0 Å². The Hall–Kier alpha value is -2.70. The predicted molar refractivity (Wildman–Crippen MR) is 135 cm³/mol. The summed E-state index contributed by atoms with van der Waals surface area (Å²) in [6.07, 6.45) is 1.86. The number of nitrogens with zero attached hydrogens (tertiary/aromatic N) is 4. The van der Waals surface area contributed by atoms with E-state index in [0.717, 1.165) is 23.9 Å². The zero-order valence-corrected chi connectivity index (χ0v) is 20.7. The SMILES string of the molecule is Cc1ccc(C)c(-n2c(C)cc([C@@H]3[C@H](c4ccccn4)NC(=S)N3CCN(C)C)c2C)c1. The number of aromatic nitrogens is 2. The van der Waals surface area contributed by atoms with Gasteiger partial charge in [0.2, 0.25) is 0 Å². The number of rotatable bonds is 6. The third kappa shape index (κ3) is 4.17. The van der Waals surface area contributed by atoms with Crippen LogP contribution in [0, 0.1) is 27.7 Å². The Kier molecular flexibility index (Phi) is 6.35. The van der Waals surface area contributed by atoms with Crippen LogP contribution in [0.1, 0.15) is 45.9 Å². The quantitative estimate of drug-likeness (QED) is 0.557. The van der Waals surface area contributed by atoms with Gasteiger partial charge in [-0.1, -0.05) is 18.2 Å². The van der Waals surface area contributed by atoms with Crippen molar-refractivity contribution >= 4 is 17.3 Å². The van der Waals surface area contributed by atoms with Gasteiger partial charge in [0.15, 0.2) is 5.11 Å². The number of pyridine rings is 1. The van der Waals surface area contributed by atoms with Gasteiger partial charge in [-0.15, -0.1) is 0 Å². The van der Waals surface area contributed by atoms with Crippen molar-refractivity contribution in [1.29, 1.82) is 0 Å². The molecule has 3 aromatic rings. The van der Waals surface area contributed by atoms with Crippen LogP contribution in [0.5, 0.6) is 0 Å². The van der Waals surface area contributed by atoms with E-state index in [2.05, 4.69) is 96.8 Å². The van der Waals surface area contributed by atoms with E-state index < -0.39 is 0 Å². The summed E-state index contributed by atoms with van der Waals surface area (Å²) >= 11 is 5.82. The smallest absolute Gasteiger partial charge is 0.170 e. The van der Waals surface area contributed by atoms with Crippen LogP contribution < -0.4 is 5.32 Å². The van der Waals surface area contributed by atoms with Crippen LogP contribution in [0.15, 0.2) is 48.7 Å². The Labute approximate surface area is 197 Å². The first kappa shape index (κ1) is 22.5. The Morgan fingerprint density at radius 2 is 1.84 bits per heavy atom. The zero-order chi connectivity index (χ0) is 23.0. The molecule has 4 rings (SSSR count). The van der Waals surface area contributed by atoms with Gasteiger partial charge in [0.05, 0.1) is 17.8 Å². The summed E-state index contributed by atoms with van der Waals surface area (Å²) in [6, 6.07) is 15.2. The molecular weight excluding hydrogens is 414 g/mol. The minimum atomic E-state index is 0.0124. The van der Waals surface area contributed by atoms with E-state index in [1.165, 1.54) is 33.8 Å². The number of nitrogens with one attached hydrogen (secondary N) is 1. The number of hydrogen-bond acceptors (Lipinski definition) is 3. The molecule has 6 heteroatoms. The van der Waals surface area contributed by atoms with Crippen molar-refractivity contribution in [2.75, 3.05) is 27.2 Å². The maximum Gasteiger partial charge on any atom is 0.170 e. The predicted octanol–water partition coefficient (Wildman–Crippen LogP) is 4.64. The zero-order valence-electron chi connectivity index (χ0n) is 19.9. The highest BCUT2D eigenvalue weighted by Gasteiger charge is 2.41. The van der Waals surface area contributed by atoms with E-state index in [-0.39, 0.29) is 12.1 Å². The molecule has 5 nitrogen and oxygen atoms in total. The first-order valence-electron chi connectivity index (χ1n) is 11.2. The number of likely N-dealkylation sites (N-methyl/N-ethyl adjacent to an activating group) is 1. The first-order valence-corrected chi connectivity index (χ1v) is 11.6. The molecule has 2 aromatic heterocycles. The van der Waals surface area contributed by atoms with E-state index in [1.807, 2.05) is 18.3 Å². The molecule has 0 bridgehead atoms. The number of hydrogen-bond donors (Lipinski definition) is 1. The lowest BCUT2D eigenvalue weighted by atomic mass is 9.96. The fourth-order valence-electron chi connectivity index (χ4n) is 4.71. The largest absolute Gasteiger partial charge is 0.352 e. The van der Waals surface area contributed by atoms with Crippen molar-refractivity contribution in [3.8, 4) is 5.69 Å². The number of benzene rings is 1. The molecule has 0 radical (unpaired) electrons. The molecule has 0 amide bonds. The first-order chi connectivity index (χ1) is 15.3. The molecule has 0 unspecified atom stereocenters. The average Bonchev–Trinajstić information content (AvgIpc) is 3.24. The lowest BCUT2D eigenvalue weighted by Crippen LogP contribution is -2.35. The van der Waals surface area contributed by atoms with Crippen molar-refractivity contribution in [1.82, 2.24) is 24.7 Å². The minimum Gasteiger partial charge on any atom is -0.352 e. The molecule has 1 aliphatic rings. The molecule has 0 saturated carbocycles. The summed E-state index contributed by atoms with van der Waals surface area (Å²) in [7, 11) is 4.20. The van der Waals surface area contributed by atoms with Gasteiger partial charge < -0.3 is 19.7 Å². The van der Waals surface area contributed by atoms with E-state index in [9.17, 15) is 0 Å². The molecule has 1 N–H and O–H groups in total. The molecule has 0 aliphatic carbocycles. The summed E-state index contributed by atoms with van der Waals surface area (Å²) in [5, 5.41) is 4.37. The van der Waals surface area contributed by atoms with Gasteiger partial charge in [-0.05, 0) is 95.0 Å². The van der Waals surface area contributed by atoms with Crippen LogP contribution in [0.2, 0.25) is 0 Å². The standard InChI is InChI=1S/C26H33N5S/c1-17-10-11-18(2)23(15-17)31-19(3)16-21(20(31)4)25-24(22-9-7-8-12-27-22)28-26(32)30(25)14-13-29(5)6/h7-12,15-16,24-25H,13-14H2,1-6H3,(H,28,32)/t24-,25+/m0/s1. The maximum absolute atomic E-state index is 5.82. The highest BCUT2D eigenvalue weighted by molar-refractivity contribution is 7.80. The number of thiocarbonyl (C=S) groups is 1. The second kappa shape index (κ2) is 9.04. The molecule has 0 spiro atoms. The van der Waals surface area contributed by atoms with Crippen molar-refractivity contribution in [3.05, 3.63) is 82.4 Å². The summed E-state index contributed by atoms with van der Waals surface area (Å²) in [6.45, 7) is 10.5. The molecule has 1 saturated heterocycles. The van der Waals surface area contributed by atoms with Crippen LogP contribution in [0.4, 0.5) is 0 Å². The van der Waals surface area contributed by atoms with E-state index in [0.29, 0.717) is 0 Å². The number of aryl methyl sites for hydroxylation is 3. The highest BCUT2D eigenvalue weighted by atomic mass is 32.1. The molecule has 3 heterocycles. The minimum absolute atomic E-state index is 0.0124. The van der Waals surface area contributed by atoms with Crippen LogP contribution in [0.25, 0.3) is 5.69 Å². The fraction of sp³-hybridized carbons (Fsp3) is 0.385. The van der Waals surface area contributed by atoms with Crippen LogP contribution in [0.3, 0.4) is 0 Å². The van der Waals surface area contributed by atoms with E-state index in [1.54, 1.807) is 0 Å². The molecule has 168 valence electrons. The van der Waals surface area contributed by atoms with Crippen LogP contribution in [-0.2, 0) is 0 Å². The molecule has 1 fully saturated rings. The Morgan fingerprint density at radius 3 is 2.53 bits per heavy atom. The van der Waals surface area contributed by atoms with Gasteiger partial charge in [0, 0.05) is 36.4 Å². The third-order valence-corrected chi connectivity index (χ3v) is 6.73. The normalized spacial score (nSPS) is 18.5. The lowest BCUT2D eigenvalue weighted by Gasteiger charge is -2.29. The molecule has 2 atom stereocenters. The van der Waals surface area contributed by atoms with Crippen molar-refractivity contribution in [2.45, 2.75) is 39.8 Å². The van der Waals surface area contributed by atoms with Gasteiger partial charge >= 0.3 is 0 Å². The average molecular weight is 448 g/mol. The van der Waals surface area contributed by atoms with Gasteiger partial charge in [-0.2, -0.15) is 0 Å². The highest BCUT2D eigenvalue weighted by Crippen LogP contribution is 2.41. The summed E-state index contributed by atoms with van der Waals surface area (Å²) in [4.78, 5) is 9.22. The van der Waals surface area contributed by atoms with Crippen LogP contribution in [-0.4, -0.2) is 51.6 Å². The topological polar surface area (TPSA) is 36.3 Å². The fourth-order valence-corrected chi connectivity index (χ4v) is 5.04. The van der Waals surface area contributed by atoms with Crippen molar-refractivity contribution in [3.63, 3.8) is 0 Å². The Bertz CT molecular complexity index is 1120. The molecular formula is C26H33N5S. The Balaban J connectivity index is 1.83. The second-order valence-corrected chi connectivity index (χ2v) is 9.46. The third-order valence-electron chi connectivity index (χ3n) is 6.38. The second-order valence-electron chi connectivity index (χ2n) is 9.08.